The smallest absolute Gasteiger partial charge is 0.223 e. The van der Waals surface area contributed by atoms with Crippen molar-refractivity contribution >= 4 is 17.2 Å². The van der Waals surface area contributed by atoms with E-state index in [1.54, 1.807) is 0 Å². The second-order valence-corrected chi connectivity index (χ2v) is 8.94. The number of amides is 1. The molecule has 0 radical (unpaired) electrons. The van der Waals surface area contributed by atoms with Crippen molar-refractivity contribution in [2.24, 2.45) is 11.8 Å². The monoisotopic (exact) mass is 348 g/mol. The first-order chi connectivity index (χ1) is 11.6. The maximum atomic E-state index is 11.9. The second kappa shape index (κ2) is 6.77. The lowest BCUT2D eigenvalue weighted by molar-refractivity contribution is -0.181. The molecule has 24 heavy (non-hydrogen) atoms. The van der Waals surface area contributed by atoms with Gasteiger partial charge >= 0.3 is 0 Å². The molecule has 3 fully saturated rings. The zero-order valence-corrected chi connectivity index (χ0v) is 15.4. The van der Waals surface area contributed by atoms with Crippen molar-refractivity contribution < 1.29 is 9.53 Å². The predicted molar refractivity (Wildman–Crippen MR) is 96.1 cm³/mol. The van der Waals surface area contributed by atoms with Crippen LogP contribution in [0.25, 0.3) is 0 Å². The number of aryl methyl sites for hydroxylation is 1. The minimum absolute atomic E-state index is 0.0969. The minimum Gasteiger partial charge on any atom is -0.372 e. The average molecular weight is 349 g/mol. The number of hydrogen-bond donors (Lipinski definition) is 1. The van der Waals surface area contributed by atoms with Crippen LogP contribution in [-0.2, 0) is 16.1 Å². The maximum Gasteiger partial charge on any atom is 0.223 e. The molecule has 0 bridgehead atoms. The van der Waals surface area contributed by atoms with E-state index in [-0.39, 0.29) is 11.5 Å². The summed E-state index contributed by atoms with van der Waals surface area (Å²) >= 11 is 1.86. The fourth-order valence-electron chi connectivity index (χ4n) is 4.04. The molecule has 4 rings (SSSR count). The van der Waals surface area contributed by atoms with Crippen LogP contribution in [0.2, 0.25) is 0 Å². The number of carbonyl (C=O) groups is 1. The minimum atomic E-state index is 0.0969. The van der Waals surface area contributed by atoms with E-state index in [1.807, 2.05) is 11.3 Å². The van der Waals surface area contributed by atoms with Crippen molar-refractivity contribution in [3.8, 4) is 0 Å². The summed E-state index contributed by atoms with van der Waals surface area (Å²) in [5, 5.41) is 5.31. The zero-order valence-electron chi connectivity index (χ0n) is 14.6. The molecule has 3 aliphatic rings. The number of carbonyl (C=O) groups excluding carboxylic acids is 1. The molecule has 4 nitrogen and oxygen atoms in total. The number of thiophene rings is 1. The number of nitrogens with one attached hydrogen (secondary N) is 1. The quantitative estimate of drug-likeness (QED) is 0.889. The molecule has 5 heteroatoms. The lowest BCUT2D eigenvalue weighted by Gasteiger charge is -2.53. The lowest BCUT2D eigenvalue weighted by Crippen LogP contribution is -2.64. The van der Waals surface area contributed by atoms with Crippen molar-refractivity contribution in [1.82, 2.24) is 10.2 Å². The number of hydrogen-bond acceptors (Lipinski definition) is 4. The molecular weight excluding hydrogens is 320 g/mol. The fraction of sp³-hybridized carbons (Fsp3) is 0.737. The maximum absolute atomic E-state index is 11.9. The van der Waals surface area contributed by atoms with Crippen molar-refractivity contribution in [3.63, 3.8) is 0 Å². The topological polar surface area (TPSA) is 41.6 Å². The van der Waals surface area contributed by atoms with Gasteiger partial charge < -0.3 is 10.1 Å². The lowest BCUT2D eigenvalue weighted by atomic mass is 9.82. The Balaban J connectivity index is 1.17. The molecule has 1 aliphatic carbocycles. The molecule has 1 aromatic heterocycles. The van der Waals surface area contributed by atoms with Gasteiger partial charge in [0.1, 0.15) is 0 Å². The molecule has 2 aliphatic heterocycles. The van der Waals surface area contributed by atoms with Crippen LogP contribution in [0.1, 0.15) is 42.5 Å². The van der Waals surface area contributed by atoms with Crippen molar-refractivity contribution in [1.29, 1.82) is 0 Å². The van der Waals surface area contributed by atoms with Gasteiger partial charge in [-0.2, -0.15) is 0 Å². The van der Waals surface area contributed by atoms with Gasteiger partial charge in [0, 0.05) is 37.0 Å². The third-order valence-corrected chi connectivity index (χ3v) is 7.04. The first kappa shape index (κ1) is 16.6. The number of nitrogens with zero attached hydrogens (tertiary/aromatic N) is 1. The zero-order chi connectivity index (χ0) is 16.6. The van der Waals surface area contributed by atoms with Gasteiger partial charge in [-0.3, -0.25) is 9.69 Å². The van der Waals surface area contributed by atoms with E-state index in [0.717, 1.165) is 52.0 Å². The summed E-state index contributed by atoms with van der Waals surface area (Å²) in [6, 6.07) is 2.20. The Morgan fingerprint density at radius 3 is 2.83 bits per heavy atom. The number of ether oxygens (including phenoxy) is 1. The molecule has 2 saturated heterocycles. The van der Waals surface area contributed by atoms with Crippen LogP contribution in [0.3, 0.4) is 0 Å². The normalized spacial score (nSPS) is 26.8. The average Bonchev–Trinajstić information content (AvgIpc) is 2.88. The van der Waals surface area contributed by atoms with Crippen molar-refractivity contribution in [3.05, 3.63) is 21.9 Å². The summed E-state index contributed by atoms with van der Waals surface area (Å²) in [7, 11) is 0. The Kier molecular flexibility index (Phi) is 4.67. The van der Waals surface area contributed by atoms with Gasteiger partial charge in [0.05, 0.1) is 12.2 Å². The summed E-state index contributed by atoms with van der Waals surface area (Å²) in [6.07, 6.45) is 5.69. The van der Waals surface area contributed by atoms with Gasteiger partial charge in [0.2, 0.25) is 5.91 Å². The van der Waals surface area contributed by atoms with Crippen LogP contribution in [-0.4, -0.2) is 42.6 Å². The summed E-state index contributed by atoms with van der Waals surface area (Å²) in [6.45, 7) is 6.98. The van der Waals surface area contributed by atoms with Crippen LogP contribution < -0.4 is 5.32 Å². The van der Waals surface area contributed by atoms with E-state index >= 15 is 0 Å². The number of rotatable bonds is 5. The highest BCUT2D eigenvalue weighted by Crippen LogP contribution is 2.37. The van der Waals surface area contributed by atoms with Gasteiger partial charge in [-0.25, -0.2) is 0 Å². The molecule has 132 valence electrons. The Bertz CT molecular complexity index is 580. The van der Waals surface area contributed by atoms with Gasteiger partial charge in [0.15, 0.2) is 0 Å². The molecule has 1 aromatic rings. The first-order valence-electron chi connectivity index (χ1n) is 9.31. The molecule has 1 atom stereocenters. The highest BCUT2D eigenvalue weighted by atomic mass is 32.1. The van der Waals surface area contributed by atoms with E-state index in [0.29, 0.717) is 11.8 Å². The predicted octanol–water partition coefficient (Wildman–Crippen LogP) is 2.95. The van der Waals surface area contributed by atoms with E-state index < -0.39 is 0 Å². The summed E-state index contributed by atoms with van der Waals surface area (Å²) in [5.74, 6) is 1.05. The van der Waals surface area contributed by atoms with Crippen LogP contribution in [0.5, 0.6) is 0 Å². The Labute approximate surface area is 148 Å². The summed E-state index contributed by atoms with van der Waals surface area (Å²) < 4.78 is 6.24. The summed E-state index contributed by atoms with van der Waals surface area (Å²) in [5.41, 5.74) is 1.51. The molecular formula is C19H28N2O2S. The molecule has 1 saturated carbocycles. The Morgan fingerprint density at radius 2 is 2.25 bits per heavy atom. The Hall–Kier alpha value is -0.910. The van der Waals surface area contributed by atoms with E-state index in [9.17, 15) is 4.79 Å². The van der Waals surface area contributed by atoms with E-state index in [1.165, 1.54) is 23.3 Å². The number of likely N-dealkylation sites (tertiary alicyclic amines) is 1. The molecule has 1 N–H and O–H groups in total. The van der Waals surface area contributed by atoms with Crippen LogP contribution >= 0.6 is 11.3 Å². The molecule has 1 spiro atoms. The van der Waals surface area contributed by atoms with Gasteiger partial charge in [0.25, 0.3) is 0 Å². The first-order valence-corrected chi connectivity index (χ1v) is 10.2. The highest BCUT2D eigenvalue weighted by molar-refractivity contribution is 7.10. The van der Waals surface area contributed by atoms with Crippen LogP contribution in [0, 0.1) is 18.8 Å². The van der Waals surface area contributed by atoms with Crippen molar-refractivity contribution in [2.45, 2.75) is 51.2 Å². The van der Waals surface area contributed by atoms with Crippen LogP contribution in [0.15, 0.2) is 11.4 Å². The molecule has 1 amide bonds. The van der Waals surface area contributed by atoms with Gasteiger partial charge in [-0.1, -0.05) is 6.42 Å². The fourth-order valence-corrected chi connectivity index (χ4v) is 4.98. The summed E-state index contributed by atoms with van der Waals surface area (Å²) in [4.78, 5) is 15.9. The largest absolute Gasteiger partial charge is 0.372 e. The van der Waals surface area contributed by atoms with Gasteiger partial charge in [-0.05, 0) is 55.5 Å². The standard InChI is InChI=1S/C19H28N2O2S/c1-14-6-8-24-17(14)10-21-12-19(13-21)7-5-15(11-23-19)9-20-18(22)16-3-2-4-16/h6,8,15-16H,2-5,7,9-13H2,1H3,(H,20,22)/t15-/m0/s1. The van der Waals surface area contributed by atoms with Crippen LogP contribution in [0.4, 0.5) is 0 Å². The van der Waals surface area contributed by atoms with E-state index in [2.05, 4.69) is 28.6 Å². The third-order valence-electron chi connectivity index (χ3n) is 6.03. The third kappa shape index (κ3) is 3.39. The molecule has 0 unspecified atom stereocenters. The Morgan fingerprint density at radius 1 is 1.42 bits per heavy atom. The molecule has 0 aromatic carbocycles. The SMILES string of the molecule is Cc1ccsc1CN1CC2(CC[C@@H](CNC(=O)C3CCC3)CO2)C1. The van der Waals surface area contributed by atoms with Gasteiger partial charge in [-0.15, -0.1) is 11.3 Å². The molecule has 3 heterocycles. The van der Waals surface area contributed by atoms with Crippen molar-refractivity contribution in [2.75, 3.05) is 26.2 Å². The highest BCUT2D eigenvalue weighted by Gasteiger charge is 2.46. The second-order valence-electron chi connectivity index (χ2n) is 7.94. The van der Waals surface area contributed by atoms with E-state index in [4.69, 9.17) is 4.74 Å².